The van der Waals surface area contributed by atoms with E-state index in [1.165, 1.54) is 11.8 Å². The largest absolute Gasteiger partial charge is 0.310 e. The van der Waals surface area contributed by atoms with Crippen LogP contribution in [0.1, 0.15) is 24.9 Å². The molecule has 1 aromatic carbocycles. The van der Waals surface area contributed by atoms with Crippen LogP contribution in [0.25, 0.3) is 0 Å². The Bertz CT molecular complexity index is 517. The van der Waals surface area contributed by atoms with E-state index in [4.69, 9.17) is 11.6 Å². The molecule has 1 atom stereocenters. The third-order valence-corrected chi connectivity index (χ3v) is 4.54. The first-order valence-electron chi connectivity index (χ1n) is 7.17. The Kier molecular flexibility index (Phi) is 7.66. The molecule has 0 aliphatic carbocycles. The van der Waals surface area contributed by atoms with Gasteiger partial charge in [-0.25, -0.2) is 8.42 Å². The second-order valence-electron chi connectivity index (χ2n) is 5.38. The summed E-state index contributed by atoms with van der Waals surface area (Å²) in [6.45, 7) is 4.38. The molecule has 1 unspecified atom stereocenters. The fraction of sp³-hybridized carbons (Fsp3) is 0.600. The molecule has 0 saturated heterocycles. The van der Waals surface area contributed by atoms with E-state index in [-0.39, 0.29) is 11.8 Å². The van der Waals surface area contributed by atoms with Crippen LogP contribution in [0, 0.1) is 0 Å². The van der Waals surface area contributed by atoms with Crippen molar-refractivity contribution in [3.63, 3.8) is 0 Å². The van der Waals surface area contributed by atoms with Crippen molar-refractivity contribution in [2.45, 2.75) is 19.4 Å². The van der Waals surface area contributed by atoms with Gasteiger partial charge in [0.25, 0.3) is 0 Å². The lowest BCUT2D eigenvalue weighted by Crippen LogP contribution is -2.30. The molecule has 0 spiro atoms. The maximum absolute atomic E-state index is 11.2. The maximum atomic E-state index is 11.2. The molecule has 1 aromatic rings. The third-order valence-electron chi connectivity index (χ3n) is 3.37. The highest BCUT2D eigenvalue weighted by atomic mass is 35.5. The van der Waals surface area contributed by atoms with Gasteiger partial charge in [0, 0.05) is 23.9 Å². The molecule has 6 heteroatoms. The highest BCUT2D eigenvalue weighted by Gasteiger charge is 2.12. The average molecular weight is 333 g/mol. The van der Waals surface area contributed by atoms with Gasteiger partial charge in [0.1, 0.15) is 9.84 Å². The zero-order chi connectivity index (χ0) is 15.9. The SMILES string of the molecule is CCNC(CCN(C)CCS(C)(=O)=O)c1ccc(Cl)cc1. The predicted molar refractivity (Wildman–Crippen MR) is 89.7 cm³/mol. The lowest BCUT2D eigenvalue weighted by Gasteiger charge is -2.22. The molecule has 0 fully saturated rings. The van der Waals surface area contributed by atoms with E-state index in [1.807, 2.05) is 31.3 Å². The smallest absolute Gasteiger partial charge is 0.148 e. The summed E-state index contributed by atoms with van der Waals surface area (Å²) in [5, 5.41) is 4.19. The number of hydrogen-bond donors (Lipinski definition) is 1. The molecule has 0 aliphatic rings. The molecule has 0 aliphatic heterocycles. The van der Waals surface area contributed by atoms with Crippen molar-refractivity contribution in [1.82, 2.24) is 10.2 Å². The number of rotatable bonds is 9. The van der Waals surface area contributed by atoms with E-state index in [0.29, 0.717) is 6.54 Å². The van der Waals surface area contributed by atoms with Gasteiger partial charge in [-0.05, 0) is 44.3 Å². The average Bonchev–Trinajstić information content (AvgIpc) is 2.41. The highest BCUT2D eigenvalue weighted by molar-refractivity contribution is 7.90. The monoisotopic (exact) mass is 332 g/mol. The summed E-state index contributed by atoms with van der Waals surface area (Å²) in [7, 11) is -0.942. The molecule has 0 bridgehead atoms. The molecule has 4 nitrogen and oxygen atoms in total. The lowest BCUT2D eigenvalue weighted by atomic mass is 10.0. The summed E-state index contributed by atoms with van der Waals surface area (Å²) in [6, 6.07) is 8.12. The molecule has 0 radical (unpaired) electrons. The molecule has 0 heterocycles. The highest BCUT2D eigenvalue weighted by Crippen LogP contribution is 2.19. The van der Waals surface area contributed by atoms with Crippen LogP contribution in [0.3, 0.4) is 0 Å². The van der Waals surface area contributed by atoms with Crippen molar-refractivity contribution in [3.8, 4) is 0 Å². The molecule has 21 heavy (non-hydrogen) atoms. The van der Waals surface area contributed by atoms with E-state index in [2.05, 4.69) is 17.1 Å². The Balaban J connectivity index is 2.53. The fourth-order valence-electron chi connectivity index (χ4n) is 2.11. The van der Waals surface area contributed by atoms with E-state index in [0.717, 1.165) is 24.5 Å². The molecule has 1 rings (SSSR count). The Morgan fingerprint density at radius 2 is 1.86 bits per heavy atom. The normalized spacial score (nSPS) is 13.6. The van der Waals surface area contributed by atoms with Gasteiger partial charge in [-0.1, -0.05) is 30.7 Å². The fourth-order valence-corrected chi connectivity index (χ4v) is 2.88. The van der Waals surface area contributed by atoms with Crippen LogP contribution in [0.2, 0.25) is 5.02 Å². The van der Waals surface area contributed by atoms with Crippen molar-refractivity contribution < 1.29 is 8.42 Å². The van der Waals surface area contributed by atoms with Gasteiger partial charge in [0.05, 0.1) is 5.75 Å². The van der Waals surface area contributed by atoms with Crippen molar-refractivity contribution in [1.29, 1.82) is 0 Å². The van der Waals surface area contributed by atoms with Gasteiger partial charge in [-0.2, -0.15) is 0 Å². The van der Waals surface area contributed by atoms with Crippen LogP contribution in [0.4, 0.5) is 0 Å². The minimum Gasteiger partial charge on any atom is -0.310 e. The van der Waals surface area contributed by atoms with Crippen LogP contribution in [0.5, 0.6) is 0 Å². The topological polar surface area (TPSA) is 49.4 Å². The van der Waals surface area contributed by atoms with Crippen LogP contribution < -0.4 is 5.32 Å². The summed E-state index contributed by atoms with van der Waals surface area (Å²) in [5.41, 5.74) is 1.21. The Morgan fingerprint density at radius 3 is 2.38 bits per heavy atom. The number of sulfone groups is 1. The first-order valence-corrected chi connectivity index (χ1v) is 9.61. The molecular weight excluding hydrogens is 308 g/mol. The number of halogens is 1. The predicted octanol–water partition coefficient (Wildman–Crippen LogP) is 2.36. The van der Waals surface area contributed by atoms with Gasteiger partial charge in [0.15, 0.2) is 0 Å². The van der Waals surface area contributed by atoms with E-state index < -0.39 is 9.84 Å². The second kappa shape index (κ2) is 8.73. The minimum absolute atomic E-state index is 0.205. The number of hydrogen-bond acceptors (Lipinski definition) is 4. The molecule has 1 N–H and O–H groups in total. The summed E-state index contributed by atoms with van der Waals surface area (Å²) < 4.78 is 22.4. The van der Waals surface area contributed by atoms with Crippen LogP contribution >= 0.6 is 11.6 Å². The van der Waals surface area contributed by atoms with Gasteiger partial charge in [0.2, 0.25) is 0 Å². The lowest BCUT2D eigenvalue weighted by molar-refractivity contribution is 0.323. The molecule has 120 valence electrons. The quantitative estimate of drug-likeness (QED) is 0.754. The third kappa shape index (κ3) is 7.81. The van der Waals surface area contributed by atoms with Gasteiger partial charge < -0.3 is 10.2 Å². The summed E-state index contributed by atoms with van der Waals surface area (Å²) in [6.07, 6.45) is 2.20. The van der Waals surface area contributed by atoms with Gasteiger partial charge >= 0.3 is 0 Å². The first kappa shape index (κ1) is 18.4. The Morgan fingerprint density at radius 1 is 1.24 bits per heavy atom. The van der Waals surface area contributed by atoms with Crippen molar-refractivity contribution in [2.24, 2.45) is 0 Å². The van der Waals surface area contributed by atoms with Crippen LogP contribution in [-0.4, -0.2) is 52.0 Å². The molecule has 0 aromatic heterocycles. The number of benzene rings is 1. The Labute approximate surface area is 133 Å². The van der Waals surface area contributed by atoms with Crippen LogP contribution in [-0.2, 0) is 9.84 Å². The first-order chi connectivity index (χ1) is 9.81. The van der Waals surface area contributed by atoms with E-state index in [9.17, 15) is 8.42 Å². The number of nitrogens with one attached hydrogen (secondary N) is 1. The van der Waals surface area contributed by atoms with E-state index in [1.54, 1.807) is 0 Å². The van der Waals surface area contributed by atoms with Crippen LogP contribution in [0.15, 0.2) is 24.3 Å². The minimum atomic E-state index is -2.90. The van der Waals surface area contributed by atoms with Crippen molar-refractivity contribution in [2.75, 3.05) is 38.7 Å². The zero-order valence-corrected chi connectivity index (χ0v) is 14.5. The standard InChI is InChI=1S/C15H25ClN2O2S/c1-4-17-15(13-5-7-14(16)8-6-13)9-10-18(2)11-12-21(3,19)20/h5-8,15,17H,4,9-12H2,1-3H3. The van der Waals surface area contributed by atoms with Gasteiger partial charge in [-0.3, -0.25) is 0 Å². The summed E-state index contributed by atoms with van der Waals surface area (Å²) in [4.78, 5) is 2.06. The van der Waals surface area contributed by atoms with Gasteiger partial charge in [-0.15, -0.1) is 0 Å². The summed E-state index contributed by atoms with van der Waals surface area (Å²) in [5.74, 6) is 0.205. The molecule has 0 saturated carbocycles. The maximum Gasteiger partial charge on any atom is 0.148 e. The van der Waals surface area contributed by atoms with Crippen molar-refractivity contribution >= 4 is 21.4 Å². The Hall–Kier alpha value is -0.620. The number of nitrogens with zero attached hydrogens (tertiary/aromatic N) is 1. The second-order valence-corrected chi connectivity index (χ2v) is 8.08. The zero-order valence-electron chi connectivity index (χ0n) is 13.0. The molecule has 0 amide bonds. The molecular formula is C15H25ClN2O2S. The van der Waals surface area contributed by atoms with E-state index >= 15 is 0 Å². The van der Waals surface area contributed by atoms with Crippen molar-refractivity contribution in [3.05, 3.63) is 34.9 Å². The summed E-state index contributed by atoms with van der Waals surface area (Å²) >= 11 is 5.92.